The molecule has 6 nitrogen and oxygen atoms in total. The fraction of sp³-hybridized carbons (Fsp3) is 0.462. The van der Waals surface area contributed by atoms with Gasteiger partial charge in [-0.3, -0.25) is 0 Å². The van der Waals surface area contributed by atoms with Gasteiger partial charge in [0, 0.05) is 17.2 Å². The zero-order valence-corrected chi connectivity index (χ0v) is 23.4. The van der Waals surface area contributed by atoms with E-state index >= 15 is 0 Å². The first-order valence-electron chi connectivity index (χ1n) is 11.6. The van der Waals surface area contributed by atoms with Crippen molar-refractivity contribution >= 4 is 34.2 Å². The van der Waals surface area contributed by atoms with Crippen molar-refractivity contribution in [1.29, 1.82) is 0 Å². The average Bonchev–Trinajstić information content (AvgIpc) is 3.20. The van der Waals surface area contributed by atoms with E-state index in [4.69, 9.17) is 21.1 Å². The van der Waals surface area contributed by atoms with Crippen molar-refractivity contribution in [2.24, 2.45) is 5.92 Å². The molecule has 3 rings (SSSR count). The Morgan fingerprint density at radius 2 is 1.80 bits per heavy atom. The van der Waals surface area contributed by atoms with Crippen LogP contribution in [0.5, 0.6) is 11.5 Å². The van der Waals surface area contributed by atoms with Crippen LogP contribution in [0.2, 0.25) is 0 Å². The smallest absolute Gasteiger partial charge is 0.165 e. The second-order valence-corrected chi connectivity index (χ2v) is 10.5. The van der Waals surface area contributed by atoms with Gasteiger partial charge in [0.25, 0.3) is 0 Å². The van der Waals surface area contributed by atoms with Gasteiger partial charge in [0.15, 0.2) is 11.6 Å². The summed E-state index contributed by atoms with van der Waals surface area (Å²) in [6.45, 7) is 8.90. The molecule has 0 aliphatic rings. The van der Waals surface area contributed by atoms with E-state index in [1.807, 2.05) is 58.0 Å². The Bertz CT molecular complexity index is 1110. The van der Waals surface area contributed by atoms with Crippen LogP contribution < -0.4 is 9.47 Å². The number of nitrogens with zero attached hydrogens (tertiary/aromatic N) is 3. The number of aliphatic hydroxyl groups is 1. The fourth-order valence-corrected chi connectivity index (χ4v) is 4.49. The standard InChI is InChI=1S/C26H32ClFIN3O3/c1-5-23-25(29)30-31-32(23)14-20(33)16-34-21-9-6-18(7-10-21)26(3,4)19-8-11-24(22(28)12-19)35-15-17(2)13-27/h6-12,17,20,33H,5,13-16H2,1-4H3. The quantitative estimate of drug-likeness (QED) is 0.212. The average molecular weight is 616 g/mol. The maximum absolute atomic E-state index is 14.7. The van der Waals surface area contributed by atoms with Crippen LogP contribution in [0.1, 0.15) is 44.5 Å². The second kappa shape index (κ2) is 12.4. The van der Waals surface area contributed by atoms with Gasteiger partial charge in [-0.2, -0.15) is 0 Å². The third-order valence-electron chi connectivity index (χ3n) is 5.97. The molecule has 1 N–H and O–H groups in total. The molecule has 1 aromatic heterocycles. The van der Waals surface area contributed by atoms with Crippen LogP contribution in [-0.2, 0) is 18.4 Å². The molecule has 0 saturated heterocycles. The van der Waals surface area contributed by atoms with Crippen molar-refractivity contribution in [1.82, 2.24) is 15.0 Å². The Labute approximate surface area is 224 Å². The van der Waals surface area contributed by atoms with E-state index in [1.165, 1.54) is 6.07 Å². The van der Waals surface area contributed by atoms with E-state index in [9.17, 15) is 9.50 Å². The van der Waals surface area contributed by atoms with E-state index in [2.05, 4.69) is 32.9 Å². The first kappa shape index (κ1) is 27.7. The minimum Gasteiger partial charge on any atom is -0.491 e. The number of hydrogen-bond acceptors (Lipinski definition) is 5. The molecule has 0 aliphatic heterocycles. The molecule has 0 saturated carbocycles. The van der Waals surface area contributed by atoms with Crippen molar-refractivity contribution in [3.05, 3.63) is 68.8 Å². The lowest BCUT2D eigenvalue weighted by Gasteiger charge is -2.27. The molecule has 0 amide bonds. The number of alkyl halides is 1. The van der Waals surface area contributed by atoms with Gasteiger partial charge in [-0.1, -0.05) is 51.1 Å². The minimum atomic E-state index is -0.718. The summed E-state index contributed by atoms with van der Waals surface area (Å²) in [7, 11) is 0. The molecule has 3 aromatic rings. The molecular formula is C26H32ClFIN3O3. The minimum absolute atomic E-state index is 0.136. The fourth-order valence-electron chi connectivity index (χ4n) is 3.65. The Hall–Kier alpha value is -1.91. The van der Waals surface area contributed by atoms with Crippen LogP contribution in [0, 0.1) is 15.4 Å². The van der Waals surface area contributed by atoms with Gasteiger partial charge < -0.3 is 14.6 Å². The zero-order valence-electron chi connectivity index (χ0n) is 20.5. The van der Waals surface area contributed by atoms with Gasteiger partial charge in [-0.25, -0.2) is 9.07 Å². The van der Waals surface area contributed by atoms with Crippen LogP contribution in [0.25, 0.3) is 0 Å². The summed E-state index contributed by atoms with van der Waals surface area (Å²) in [6.07, 6.45) is 0.0771. The molecule has 35 heavy (non-hydrogen) atoms. The Kier molecular flexibility index (Phi) is 9.77. The van der Waals surface area contributed by atoms with Crippen molar-refractivity contribution in [3.8, 4) is 11.5 Å². The van der Waals surface area contributed by atoms with Gasteiger partial charge in [-0.15, -0.1) is 16.7 Å². The van der Waals surface area contributed by atoms with Crippen LogP contribution >= 0.6 is 34.2 Å². The third-order valence-corrected chi connectivity index (χ3v) is 7.33. The molecule has 0 fully saturated rings. The summed E-state index contributed by atoms with van der Waals surface area (Å²) in [5.41, 5.74) is 2.42. The number of benzene rings is 2. The van der Waals surface area contributed by atoms with E-state index < -0.39 is 11.5 Å². The molecule has 2 aromatic carbocycles. The Morgan fingerprint density at radius 1 is 1.11 bits per heavy atom. The molecule has 190 valence electrons. The number of hydrogen-bond donors (Lipinski definition) is 1. The molecular weight excluding hydrogens is 584 g/mol. The first-order chi connectivity index (χ1) is 16.6. The predicted molar refractivity (Wildman–Crippen MR) is 144 cm³/mol. The first-order valence-corrected chi connectivity index (χ1v) is 13.2. The molecule has 2 atom stereocenters. The van der Waals surface area contributed by atoms with Crippen molar-refractivity contribution in [2.45, 2.75) is 52.2 Å². The van der Waals surface area contributed by atoms with Crippen LogP contribution in [0.15, 0.2) is 42.5 Å². The van der Waals surface area contributed by atoms with E-state index in [1.54, 1.807) is 10.7 Å². The Balaban J connectivity index is 1.61. The molecule has 9 heteroatoms. The van der Waals surface area contributed by atoms with Crippen molar-refractivity contribution in [2.75, 3.05) is 19.1 Å². The second-order valence-electron chi connectivity index (χ2n) is 9.19. The number of aromatic nitrogens is 3. The molecule has 0 bridgehead atoms. The van der Waals surface area contributed by atoms with Gasteiger partial charge >= 0.3 is 0 Å². The summed E-state index contributed by atoms with van der Waals surface area (Å²) in [5.74, 6) is 1.10. The van der Waals surface area contributed by atoms with Crippen molar-refractivity contribution in [3.63, 3.8) is 0 Å². The van der Waals surface area contributed by atoms with Gasteiger partial charge in [-0.05, 0) is 64.4 Å². The Morgan fingerprint density at radius 3 is 2.43 bits per heavy atom. The van der Waals surface area contributed by atoms with Crippen LogP contribution in [-0.4, -0.2) is 45.3 Å². The maximum Gasteiger partial charge on any atom is 0.165 e. The van der Waals surface area contributed by atoms with E-state index in [0.29, 0.717) is 24.8 Å². The zero-order chi connectivity index (χ0) is 25.6. The van der Waals surface area contributed by atoms with Crippen molar-refractivity contribution < 1.29 is 19.0 Å². The monoisotopic (exact) mass is 615 g/mol. The predicted octanol–water partition coefficient (Wildman–Crippen LogP) is 5.60. The lowest BCUT2D eigenvalue weighted by molar-refractivity contribution is 0.0880. The highest BCUT2D eigenvalue weighted by Gasteiger charge is 2.25. The lowest BCUT2D eigenvalue weighted by Crippen LogP contribution is -2.25. The lowest BCUT2D eigenvalue weighted by atomic mass is 9.78. The van der Waals surface area contributed by atoms with Gasteiger partial charge in [0.1, 0.15) is 22.2 Å². The third kappa shape index (κ3) is 7.07. The summed E-state index contributed by atoms with van der Waals surface area (Å²) in [6, 6.07) is 12.7. The number of halogens is 3. The highest BCUT2D eigenvalue weighted by molar-refractivity contribution is 14.1. The topological polar surface area (TPSA) is 69.4 Å². The SMILES string of the molecule is CCc1c(I)nnn1CC(O)COc1ccc(C(C)(C)c2ccc(OCC(C)CCl)c(F)c2)cc1. The van der Waals surface area contributed by atoms with Gasteiger partial charge in [0.05, 0.1) is 18.8 Å². The summed E-state index contributed by atoms with van der Waals surface area (Å²) < 4.78 is 28.6. The maximum atomic E-state index is 14.7. The summed E-state index contributed by atoms with van der Waals surface area (Å²) in [5, 5.41) is 18.5. The molecule has 0 aliphatic carbocycles. The molecule has 0 radical (unpaired) electrons. The summed E-state index contributed by atoms with van der Waals surface area (Å²) >= 11 is 7.94. The van der Waals surface area contributed by atoms with Crippen LogP contribution in [0.3, 0.4) is 0 Å². The number of rotatable bonds is 12. The number of aliphatic hydroxyl groups excluding tert-OH is 1. The van der Waals surface area contributed by atoms with Crippen LogP contribution in [0.4, 0.5) is 4.39 Å². The molecule has 0 spiro atoms. The summed E-state index contributed by atoms with van der Waals surface area (Å²) in [4.78, 5) is 0. The number of ether oxygens (including phenoxy) is 2. The van der Waals surface area contributed by atoms with E-state index in [-0.39, 0.29) is 24.1 Å². The largest absolute Gasteiger partial charge is 0.491 e. The molecule has 2 unspecified atom stereocenters. The highest BCUT2D eigenvalue weighted by Crippen LogP contribution is 2.34. The highest BCUT2D eigenvalue weighted by atomic mass is 127. The normalized spacial score (nSPS) is 13.5. The van der Waals surface area contributed by atoms with Gasteiger partial charge in [0.2, 0.25) is 0 Å². The van der Waals surface area contributed by atoms with E-state index in [0.717, 1.165) is 26.9 Å². The molecule has 1 heterocycles.